The minimum atomic E-state index is -0.680. The average molecular weight is 482 g/mol. The molecule has 0 bridgehead atoms. The molecule has 1 aliphatic rings. The lowest BCUT2D eigenvalue weighted by Gasteiger charge is -2.36. The fourth-order valence-electron chi connectivity index (χ4n) is 4.24. The fraction of sp³-hybridized carbons (Fsp3) is 0.444. The van der Waals surface area contributed by atoms with Crippen molar-refractivity contribution in [3.8, 4) is 5.75 Å². The molecular formula is C27H35N3O5. The van der Waals surface area contributed by atoms with Crippen molar-refractivity contribution in [2.24, 2.45) is 5.92 Å². The molecule has 1 heterocycles. The Kier molecular flexibility index (Phi) is 9.66. The Hall–Kier alpha value is -3.39. The van der Waals surface area contributed by atoms with E-state index in [4.69, 9.17) is 9.47 Å². The summed E-state index contributed by atoms with van der Waals surface area (Å²) in [5.41, 5.74) is 2.14. The van der Waals surface area contributed by atoms with Gasteiger partial charge in [-0.2, -0.15) is 0 Å². The van der Waals surface area contributed by atoms with Crippen molar-refractivity contribution in [2.75, 3.05) is 40.5 Å². The van der Waals surface area contributed by atoms with Crippen LogP contribution in [0.1, 0.15) is 45.5 Å². The van der Waals surface area contributed by atoms with Crippen molar-refractivity contribution in [1.29, 1.82) is 0 Å². The zero-order valence-corrected chi connectivity index (χ0v) is 20.7. The van der Waals surface area contributed by atoms with Crippen LogP contribution in [0.15, 0.2) is 48.5 Å². The first-order valence-electron chi connectivity index (χ1n) is 12.0. The van der Waals surface area contributed by atoms with Gasteiger partial charge in [0.1, 0.15) is 11.8 Å². The highest BCUT2D eigenvalue weighted by Crippen LogP contribution is 2.24. The van der Waals surface area contributed by atoms with Crippen molar-refractivity contribution >= 4 is 17.7 Å². The highest BCUT2D eigenvalue weighted by Gasteiger charge is 2.34. The Morgan fingerprint density at radius 3 is 2.40 bits per heavy atom. The standard InChI is InChI=1S/C27H35N3O5/c1-19-8-10-21(11-9-19)25(31)29-24(26(32)28-14-5-17-34-2)20-12-15-30(16-13-20)27(33)22-6-4-7-23(18-22)35-3/h4,6-11,18,20,24H,5,12-17H2,1-3H3,(H,28,32)(H,29,31). The molecule has 188 valence electrons. The Labute approximate surface area is 207 Å². The van der Waals surface area contributed by atoms with Crippen LogP contribution in [0.2, 0.25) is 0 Å². The molecule has 0 radical (unpaired) electrons. The zero-order valence-electron chi connectivity index (χ0n) is 20.7. The van der Waals surface area contributed by atoms with Gasteiger partial charge in [-0.25, -0.2) is 0 Å². The number of nitrogens with zero attached hydrogens (tertiary/aromatic N) is 1. The molecule has 1 saturated heterocycles. The second-order valence-corrected chi connectivity index (χ2v) is 8.82. The summed E-state index contributed by atoms with van der Waals surface area (Å²) in [6.07, 6.45) is 1.91. The van der Waals surface area contributed by atoms with E-state index >= 15 is 0 Å². The molecule has 0 aliphatic carbocycles. The first-order chi connectivity index (χ1) is 16.9. The monoisotopic (exact) mass is 481 g/mol. The van der Waals surface area contributed by atoms with Gasteiger partial charge in [0, 0.05) is 44.5 Å². The molecule has 2 aromatic rings. The van der Waals surface area contributed by atoms with Crippen molar-refractivity contribution in [2.45, 2.75) is 32.2 Å². The van der Waals surface area contributed by atoms with Crippen molar-refractivity contribution < 1.29 is 23.9 Å². The van der Waals surface area contributed by atoms with Gasteiger partial charge in [-0.05, 0) is 62.4 Å². The quantitative estimate of drug-likeness (QED) is 0.509. The van der Waals surface area contributed by atoms with Crippen LogP contribution >= 0.6 is 0 Å². The summed E-state index contributed by atoms with van der Waals surface area (Å²) < 4.78 is 10.3. The van der Waals surface area contributed by atoms with E-state index in [9.17, 15) is 14.4 Å². The van der Waals surface area contributed by atoms with Crippen molar-refractivity contribution in [3.05, 3.63) is 65.2 Å². The molecule has 1 aliphatic heterocycles. The van der Waals surface area contributed by atoms with E-state index in [1.54, 1.807) is 55.5 Å². The van der Waals surface area contributed by atoms with Gasteiger partial charge in [-0.1, -0.05) is 23.8 Å². The Bertz CT molecular complexity index is 1000. The number of hydrogen-bond donors (Lipinski definition) is 2. The maximum absolute atomic E-state index is 13.1. The van der Waals surface area contributed by atoms with Crippen LogP contribution in [-0.4, -0.2) is 69.1 Å². The second kappa shape index (κ2) is 12.9. The molecular weight excluding hydrogens is 446 g/mol. The van der Waals surface area contributed by atoms with Crippen LogP contribution < -0.4 is 15.4 Å². The number of rotatable bonds is 10. The lowest BCUT2D eigenvalue weighted by molar-refractivity contribution is -0.124. The maximum Gasteiger partial charge on any atom is 0.253 e. The summed E-state index contributed by atoms with van der Waals surface area (Å²) in [6, 6.07) is 13.7. The molecule has 1 fully saturated rings. The second-order valence-electron chi connectivity index (χ2n) is 8.82. The average Bonchev–Trinajstić information content (AvgIpc) is 2.89. The molecule has 2 aromatic carbocycles. The Balaban J connectivity index is 1.66. The third kappa shape index (κ3) is 7.29. The smallest absolute Gasteiger partial charge is 0.253 e. The number of nitrogens with one attached hydrogen (secondary N) is 2. The first-order valence-corrected chi connectivity index (χ1v) is 12.0. The van der Waals surface area contributed by atoms with E-state index in [2.05, 4.69) is 10.6 Å². The molecule has 3 rings (SSSR count). The van der Waals surface area contributed by atoms with Crippen molar-refractivity contribution in [3.63, 3.8) is 0 Å². The molecule has 0 aromatic heterocycles. The van der Waals surface area contributed by atoms with Crippen LogP contribution in [0, 0.1) is 12.8 Å². The van der Waals surface area contributed by atoms with Crippen molar-refractivity contribution in [1.82, 2.24) is 15.5 Å². The van der Waals surface area contributed by atoms with Gasteiger partial charge in [-0.15, -0.1) is 0 Å². The van der Waals surface area contributed by atoms with E-state index in [1.807, 2.05) is 19.1 Å². The zero-order chi connectivity index (χ0) is 25.2. The van der Waals surface area contributed by atoms with Gasteiger partial charge >= 0.3 is 0 Å². The molecule has 8 nitrogen and oxygen atoms in total. The third-order valence-electron chi connectivity index (χ3n) is 6.32. The summed E-state index contributed by atoms with van der Waals surface area (Å²) in [5.74, 6) is -0.00128. The SMILES string of the molecule is COCCCNC(=O)C(NC(=O)c1ccc(C)cc1)C1CCN(C(=O)c2cccc(OC)c2)CC1. The summed E-state index contributed by atoms with van der Waals surface area (Å²) >= 11 is 0. The maximum atomic E-state index is 13.1. The van der Waals surface area contributed by atoms with Gasteiger partial charge < -0.3 is 25.0 Å². The van der Waals surface area contributed by atoms with Crippen LogP contribution in [0.4, 0.5) is 0 Å². The number of ether oxygens (including phenoxy) is 2. The van der Waals surface area contributed by atoms with Gasteiger partial charge in [0.2, 0.25) is 5.91 Å². The summed E-state index contributed by atoms with van der Waals surface area (Å²) in [7, 11) is 3.19. The normalized spacial score (nSPS) is 14.8. The number of hydrogen-bond acceptors (Lipinski definition) is 5. The number of aryl methyl sites for hydroxylation is 1. The van der Waals surface area contributed by atoms with E-state index in [-0.39, 0.29) is 23.6 Å². The summed E-state index contributed by atoms with van der Waals surface area (Å²) in [5, 5.41) is 5.88. The topological polar surface area (TPSA) is 97.0 Å². The first kappa shape index (κ1) is 26.2. The lowest BCUT2D eigenvalue weighted by Crippen LogP contribution is -2.54. The number of likely N-dealkylation sites (tertiary alicyclic amines) is 1. The van der Waals surface area contributed by atoms with E-state index in [0.717, 1.165) is 5.56 Å². The predicted molar refractivity (Wildman–Crippen MR) is 134 cm³/mol. The van der Waals surface area contributed by atoms with Crippen LogP contribution in [0.5, 0.6) is 5.75 Å². The Morgan fingerprint density at radius 1 is 1.03 bits per heavy atom. The van der Waals surface area contributed by atoms with E-state index in [1.165, 1.54) is 0 Å². The minimum absolute atomic E-state index is 0.0633. The minimum Gasteiger partial charge on any atom is -0.497 e. The predicted octanol–water partition coefficient (Wildman–Crippen LogP) is 2.81. The third-order valence-corrected chi connectivity index (χ3v) is 6.32. The lowest BCUT2D eigenvalue weighted by atomic mass is 9.88. The molecule has 1 atom stereocenters. The summed E-state index contributed by atoms with van der Waals surface area (Å²) in [4.78, 5) is 40.8. The number of carbonyl (C=O) groups is 3. The molecule has 2 N–H and O–H groups in total. The van der Waals surface area contributed by atoms with Gasteiger partial charge in [-0.3, -0.25) is 14.4 Å². The van der Waals surface area contributed by atoms with Gasteiger partial charge in [0.15, 0.2) is 0 Å². The van der Waals surface area contributed by atoms with Crippen LogP contribution in [0.3, 0.4) is 0 Å². The van der Waals surface area contributed by atoms with Crippen LogP contribution in [-0.2, 0) is 9.53 Å². The number of piperidine rings is 1. The number of carbonyl (C=O) groups excluding carboxylic acids is 3. The molecule has 1 unspecified atom stereocenters. The fourth-order valence-corrected chi connectivity index (χ4v) is 4.24. The largest absolute Gasteiger partial charge is 0.497 e. The summed E-state index contributed by atoms with van der Waals surface area (Å²) in [6.45, 7) is 3.99. The molecule has 0 saturated carbocycles. The molecule has 0 spiro atoms. The van der Waals surface area contributed by atoms with E-state index < -0.39 is 6.04 Å². The molecule has 3 amide bonds. The van der Waals surface area contributed by atoms with E-state index in [0.29, 0.717) is 62.4 Å². The van der Waals surface area contributed by atoms with Gasteiger partial charge in [0.25, 0.3) is 11.8 Å². The van der Waals surface area contributed by atoms with Gasteiger partial charge in [0.05, 0.1) is 7.11 Å². The molecule has 8 heteroatoms. The number of methoxy groups -OCH3 is 2. The Morgan fingerprint density at radius 2 is 1.74 bits per heavy atom. The molecule has 35 heavy (non-hydrogen) atoms. The number of benzene rings is 2. The number of amides is 3. The highest BCUT2D eigenvalue weighted by molar-refractivity contribution is 5.98. The van der Waals surface area contributed by atoms with Crippen LogP contribution in [0.25, 0.3) is 0 Å². The highest BCUT2D eigenvalue weighted by atomic mass is 16.5.